The van der Waals surface area contributed by atoms with Crippen LogP contribution in [0.5, 0.6) is 5.75 Å². The van der Waals surface area contributed by atoms with Gasteiger partial charge in [-0.25, -0.2) is 0 Å². The van der Waals surface area contributed by atoms with Crippen LogP contribution in [-0.4, -0.2) is 60.4 Å². The average molecular weight is 345 g/mol. The Labute approximate surface area is 147 Å². The lowest BCUT2D eigenvalue weighted by Gasteiger charge is -2.24. The Bertz CT molecular complexity index is 669. The quantitative estimate of drug-likeness (QED) is 0.777. The second-order valence-corrected chi connectivity index (χ2v) is 6.36. The van der Waals surface area contributed by atoms with Crippen molar-refractivity contribution >= 4 is 23.4 Å². The summed E-state index contributed by atoms with van der Waals surface area (Å²) < 4.78 is 5.12. The zero-order valence-electron chi connectivity index (χ0n) is 14.6. The van der Waals surface area contributed by atoms with Gasteiger partial charge in [-0.05, 0) is 37.1 Å². The van der Waals surface area contributed by atoms with Gasteiger partial charge in [-0.3, -0.25) is 19.3 Å². The summed E-state index contributed by atoms with van der Waals surface area (Å²) in [6.07, 6.45) is 2.30. The van der Waals surface area contributed by atoms with Crippen molar-refractivity contribution in [1.82, 2.24) is 9.80 Å². The lowest BCUT2D eigenvalue weighted by Crippen LogP contribution is -2.43. The molecule has 0 bridgehead atoms. The Hall–Kier alpha value is -2.57. The Morgan fingerprint density at radius 1 is 1.24 bits per heavy atom. The summed E-state index contributed by atoms with van der Waals surface area (Å²) >= 11 is 0. The molecule has 1 saturated carbocycles. The molecule has 0 radical (unpaired) electrons. The summed E-state index contributed by atoms with van der Waals surface area (Å²) in [6.45, 7) is 2.11. The fourth-order valence-corrected chi connectivity index (χ4v) is 2.96. The largest absolute Gasteiger partial charge is 0.497 e. The zero-order chi connectivity index (χ0) is 18.0. The van der Waals surface area contributed by atoms with Gasteiger partial charge in [0.2, 0.25) is 17.7 Å². The molecule has 3 amide bonds. The van der Waals surface area contributed by atoms with Crippen LogP contribution in [0.3, 0.4) is 0 Å². The molecule has 1 aromatic rings. The van der Waals surface area contributed by atoms with Crippen LogP contribution in [0.2, 0.25) is 0 Å². The Morgan fingerprint density at radius 3 is 2.48 bits per heavy atom. The van der Waals surface area contributed by atoms with E-state index in [2.05, 4.69) is 0 Å². The lowest BCUT2D eigenvalue weighted by molar-refractivity contribution is -0.140. The number of benzene rings is 1. The number of carbonyl (C=O) groups excluding carboxylic acids is 3. The molecular formula is C18H23N3O4. The van der Waals surface area contributed by atoms with Crippen molar-refractivity contribution in [2.45, 2.75) is 32.2 Å². The molecule has 0 atom stereocenters. The van der Waals surface area contributed by atoms with Crippen molar-refractivity contribution in [2.24, 2.45) is 0 Å². The number of anilines is 1. The van der Waals surface area contributed by atoms with Crippen LogP contribution in [0.1, 0.15) is 26.2 Å². The third-order valence-corrected chi connectivity index (χ3v) is 4.59. The van der Waals surface area contributed by atoms with E-state index in [4.69, 9.17) is 4.74 Å². The van der Waals surface area contributed by atoms with Gasteiger partial charge in [-0.1, -0.05) is 6.92 Å². The number of hydrogen-bond acceptors (Lipinski definition) is 4. The van der Waals surface area contributed by atoms with E-state index in [1.54, 1.807) is 48.1 Å². The summed E-state index contributed by atoms with van der Waals surface area (Å²) in [5, 5.41) is 0. The predicted octanol–water partition coefficient (Wildman–Crippen LogP) is 1.23. The molecule has 0 unspecified atom stereocenters. The number of nitrogens with zero attached hydrogens (tertiary/aromatic N) is 3. The van der Waals surface area contributed by atoms with E-state index in [1.165, 1.54) is 4.90 Å². The van der Waals surface area contributed by atoms with E-state index in [-0.39, 0.29) is 43.5 Å². The van der Waals surface area contributed by atoms with Gasteiger partial charge in [0.05, 0.1) is 7.11 Å². The monoisotopic (exact) mass is 345 g/mol. The van der Waals surface area contributed by atoms with Gasteiger partial charge >= 0.3 is 0 Å². The van der Waals surface area contributed by atoms with Crippen molar-refractivity contribution in [3.8, 4) is 5.75 Å². The van der Waals surface area contributed by atoms with Gasteiger partial charge in [0, 0.05) is 18.2 Å². The van der Waals surface area contributed by atoms with Crippen LogP contribution < -0.4 is 9.64 Å². The highest BCUT2D eigenvalue weighted by molar-refractivity contribution is 6.00. The maximum Gasteiger partial charge on any atom is 0.248 e. The number of ether oxygens (including phenoxy) is 1. The highest BCUT2D eigenvalue weighted by Crippen LogP contribution is 2.28. The minimum absolute atomic E-state index is 0.00613. The number of amides is 3. The second kappa shape index (κ2) is 7.13. The summed E-state index contributed by atoms with van der Waals surface area (Å²) in [7, 11) is 1.58. The highest BCUT2D eigenvalue weighted by Gasteiger charge is 2.37. The number of methoxy groups -OCH3 is 1. The van der Waals surface area contributed by atoms with E-state index in [1.807, 2.05) is 0 Å². The summed E-state index contributed by atoms with van der Waals surface area (Å²) in [4.78, 5) is 41.6. The molecule has 1 aliphatic carbocycles. The van der Waals surface area contributed by atoms with Gasteiger partial charge in [0.15, 0.2) is 0 Å². The van der Waals surface area contributed by atoms with E-state index in [9.17, 15) is 14.4 Å². The second-order valence-electron chi connectivity index (χ2n) is 6.36. The van der Waals surface area contributed by atoms with Crippen molar-refractivity contribution in [1.29, 1.82) is 0 Å². The van der Waals surface area contributed by atoms with Gasteiger partial charge in [0.1, 0.15) is 25.5 Å². The van der Waals surface area contributed by atoms with E-state index in [0.29, 0.717) is 12.2 Å². The van der Waals surface area contributed by atoms with E-state index >= 15 is 0 Å². The molecule has 0 spiro atoms. The topological polar surface area (TPSA) is 70.2 Å². The maximum absolute atomic E-state index is 12.6. The molecule has 0 N–H and O–H groups in total. The number of rotatable bonds is 6. The third kappa shape index (κ3) is 3.75. The Balaban J connectivity index is 1.64. The number of hydrogen-bond donors (Lipinski definition) is 0. The van der Waals surface area contributed by atoms with Gasteiger partial charge in [0.25, 0.3) is 0 Å². The first-order valence-corrected chi connectivity index (χ1v) is 8.55. The van der Waals surface area contributed by atoms with Crippen LogP contribution in [-0.2, 0) is 14.4 Å². The molecule has 1 saturated heterocycles. The average Bonchev–Trinajstić information content (AvgIpc) is 3.40. The molecule has 134 valence electrons. The zero-order valence-corrected chi connectivity index (χ0v) is 14.6. The van der Waals surface area contributed by atoms with Gasteiger partial charge in [-0.15, -0.1) is 0 Å². The Morgan fingerprint density at radius 2 is 1.92 bits per heavy atom. The van der Waals surface area contributed by atoms with Crippen molar-refractivity contribution in [2.75, 3.05) is 31.8 Å². The van der Waals surface area contributed by atoms with Crippen LogP contribution >= 0.6 is 0 Å². The molecule has 25 heavy (non-hydrogen) atoms. The summed E-state index contributed by atoms with van der Waals surface area (Å²) in [5.74, 6) is 0.395. The molecule has 3 rings (SSSR count). The summed E-state index contributed by atoms with van der Waals surface area (Å²) in [5.41, 5.74) is 0.727. The minimum Gasteiger partial charge on any atom is -0.497 e. The summed E-state index contributed by atoms with van der Waals surface area (Å²) in [6, 6.07) is 7.33. The van der Waals surface area contributed by atoms with E-state index < -0.39 is 0 Å². The van der Waals surface area contributed by atoms with Crippen molar-refractivity contribution in [3.05, 3.63) is 24.3 Å². The molecule has 1 heterocycles. The molecule has 7 nitrogen and oxygen atoms in total. The third-order valence-electron chi connectivity index (χ3n) is 4.59. The highest BCUT2D eigenvalue weighted by atomic mass is 16.5. The van der Waals surface area contributed by atoms with Gasteiger partial charge in [-0.2, -0.15) is 0 Å². The lowest BCUT2D eigenvalue weighted by atomic mass is 10.3. The standard InChI is InChI=1S/C18H23N3O4/c1-3-16(22)20(13-4-5-13)11-17(23)19-10-18(24)21(12-19)14-6-8-15(25-2)9-7-14/h6-9,13H,3-5,10-12H2,1-2H3. The normalized spacial score (nSPS) is 17.0. The first-order chi connectivity index (χ1) is 12.0. The molecule has 1 aliphatic heterocycles. The molecule has 1 aromatic carbocycles. The molecular weight excluding hydrogens is 322 g/mol. The Kier molecular flexibility index (Phi) is 4.92. The van der Waals surface area contributed by atoms with Gasteiger partial charge < -0.3 is 14.5 Å². The molecule has 7 heteroatoms. The smallest absolute Gasteiger partial charge is 0.248 e. The van der Waals surface area contributed by atoms with Crippen LogP contribution in [0.4, 0.5) is 5.69 Å². The molecule has 0 aromatic heterocycles. The predicted molar refractivity (Wildman–Crippen MR) is 92.1 cm³/mol. The first-order valence-electron chi connectivity index (χ1n) is 8.55. The van der Waals surface area contributed by atoms with Crippen LogP contribution in [0.15, 0.2) is 24.3 Å². The van der Waals surface area contributed by atoms with E-state index in [0.717, 1.165) is 18.5 Å². The molecule has 2 fully saturated rings. The maximum atomic E-state index is 12.6. The number of carbonyl (C=O) groups is 3. The van der Waals surface area contributed by atoms with Crippen LogP contribution in [0.25, 0.3) is 0 Å². The van der Waals surface area contributed by atoms with Crippen LogP contribution in [0, 0.1) is 0 Å². The SMILES string of the molecule is CCC(=O)N(CC(=O)N1CC(=O)N(c2ccc(OC)cc2)C1)C1CC1. The fraction of sp³-hybridized carbons (Fsp3) is 0.500. The fourth-order valence-electron chi connectivity index (χ4n) is 2.96. The minimum atomic E-state index is -0.182. The van der Waals surface area contributed by atoms with Crippen molar-refractivity contribution < 1.29 is 19.1 Å². The molecule has 2 aliphatic rings. The van der Waals surface area contributed by atoms with Crippen molar-refractivity contribution in [3.63, 3.8) is 0 Å². The first kappa shape index (κ1) is 17.3.